The fraction of sp³-hybridized carbons (Fsp3) is 0.0385. The zero-order valence-electron chi connectivity index (χ0n) is 16.8. The van der Waals surface area contributed by atoms with E-state index in [9.17, 15) is 4.79 Å². The van der Waals surface area contributed by atoms with Crippen molar-refractivity contribution in [2.75, 3.05) is 0 Å². The highest BCUT2D eigenvalue weighted by molar-refractivity contribution is 7.98. The number of hydrogen-bond acceptors (Lipinski definition) is 6. The Balaban J connectivity index is 1.47. The number of aromatic nitrogens is 2. The van der Waals surface area contributed by atoms with Crippen LogP contribution in [-0.2, 0) is 5.75 Å². The van der Waals surface area contributed by atoms with Crippen LogP contribution in [0, 0.1) is 0 Å². The summed E-state index contributed by atoms with van der Waals surface area (Å²) in [5.41, 5.74) is 3.50. The molecule has 0 bridgehead atoms. The van der Waals surface area contributed by atoms with Crippen molar-refractivity contribution in [2.45, 2.75) is 10.8 Å². The second-order valence-electron chi connectivity index (χ2n) is 7.41. The lowest BCUT2D eigenvalue weighted by Crippen LogP contribution is -2.00. The van der Waals surface area contributed by atoms with Gasteiger partial charge in [-0.2, -0.15) is 0 Å². The van der Waals surface area contributed by atoms with Crippen molar-refractivity contribution < 1.29 is 4.42 Å². The largest absolute Gasteiger partial charge is 0.423 e. The lowest BCUT2D eigenvalue weighted by Gasteiger charge is -2.09. The summed E-state index contributed by atoms with van der Waals surface area (Å²) >= 11 is 3.25. The summed E-state index contributed by atoms with van der Waals surface area (Å²) in [7, 11) is 0. The maximum absolute atomic E-state index is 12.3. The molecule has 0 aliphatic carbocycles. The molecule has 3 aromatic heterocycles. The highest BCUT2D eigenvalue weighted by atomic mass is 32.2. The fourth-order valence-electron chi connectivity index (χ4n) is 4.07. The van der Waals surface area contributed by atoms with E-state index in [-0.39, 0.29) is 5.63 Å². The highest BCUT2D eigenvalue weighted by Gasteiger charge is 2.15. The second-order valence-corrected chi connectivity index (χ2v) is 9.24. The number of hydrogen-bond donors (Lipinski definition) is 0. The average Bonchev–Trinajstić information content (AvgIpc) is 3.27. The first-order valence-corrected chi connectivity index (χ1v) is 12.0. The molecule has 6 heteroatoms. The van der Waals surface area contributed by atoms with Gasteiger partial charge in [0.2, 0.25) is 0 Å². The van der Waals surface area contributed by atoms with Gasteiger partial charge in [-0.3, -0.25) is 0 Å². The highest BCUT2D eigenvalue weighted by Crippen LogP contribution is 2.39. The Kier molecular flexibility index (Phi) is 4.74. The van der Waals surface area contributed by atoms with Gasteiger partial charge >= 0.3 is 5.63 Å². The molecule has 0 unspecified atom stereocenters. The predicted molar refractivity (Wildman–Crippen MR) is 132 cm³/mol. The Bertz CT molecular complexity index is 1660. The molecule has 0 radical (unpaired) electrons. The number of rotatable bonds is 4. The number of thiophene rings is 1. The van der Waals surface area contributed by atoms with E-state index in [1.54, 1.807) is 35.5 Å². The van der Waals surface area contributed by atoms with Crippen molar-refractivity contribution in [3.8, 4) is 11.1 Å². The Labute approximate surface area is 191 Å². The topological polar surface area (TPSA) is 56.0 Å². The minimum atomic E-state index is -0.336. The summed E-state index contributed by atoms with van der Waals surface area (Å²) < 4.78 is 5.51. The number of nitrogens with zero attached hydrogens (tertiary/aromatic N) is 2. The third kappa shape index (κ3) is 3.28. The average molecular weight is 453 g/mol. The molecule has 154 valence electrons. The number of thioether (sulfide) groups is 1. The summed E-state index contributed by atoms with van der Waals surface area (Å²) in [6, 6.07) is 23.9. The van der Waals surface area contributed by atoms with Crippen LogP contribution in [-0.4, -0.2) is 9.97 Å². The molecular weight excluding hydrogens is 436 g/mol. The molecule has 0 amide bonds. The molecule has 4 nitrogen and oxygen atoms in total. The Hall–Kier alpha value is -3.48. The minimum Gasteiger partial charge on any atom is -0.423 e. The van der Waals surface area contributed by atoms with Crippen LogP contribution in [0.2, 0.25) is 0 Å². The lowest BCUT2D eigenvalue weighted by molar-refractivity contribution is 0.560. The fourth-order valence-corrected chi connectivity index (χ4v) is 6.04. The van der Waals surface area contributed by atoms with E-state index in [0.29, 0.717) is 11.3 Å². The smallest absolute Gasteiger partial charge is 0.336 e. The van der Waals surface area contributed by atoms with Crippen LogP contribution >= 0.6 is 23.1 Å². The summed E-state index contributed by atoms with van der Waals surface area (Å²) in [6.45, 7) is 0. The molecule has 0 saturated heterocycles. The SMILES string of the molecule is O=c1cc(CSc2ncnc3scc(-c4ccccc4)c23)c2c(ccc3ccccc32)o1. The van der Waals surface area contributed by atoms with Gasteiger partial charge in [0.15, 0.2) is 0 Å². The van der Waals surface area contributed by atoms with Crippen LogP contribution in [0.1, 0.15) is 5.56 Å². The molecule has 32 heavy (non-hydrogen) atoms. The molecule has 0 aliphatic rings. The summed E-state index contributed by atoms with van der Waals surface area (Å²) in [5, 5.41) is 7.29. The lowest BCUT2D eigenvalue weighted by atomic mass is 10.0. The van der Waals surface area contributed by atoms with Gasteiger partial charge in [0.05, 0.1) is 5.39 Å². The summed E-state index contributed by atoms with van der Waals surface area (Å²) in [4.78, 5) is 22.3. The van der Waals surface area contributed by atoms with Crippen molar-refractivity contribution in [3.63, 3.8) is 0 Å². The molecule has 0 saturated carbocycles. The molecular formula is C26H16N2O2S2. The van der Waals surface area contributed by atoms with E-state index >= 15 is 0 Å². The first kappa shape index (κ1) is 19.2. The van der Waals surface area contributed by atoms with Crippen LogP contribution in [0.4, 0.5) is 0 Å². The van der Waals surface area contributed by atoms with E-state index in [2.05, 4.69) is 39.6 Å². The van der Waals surface area contributed by atoms with Crippen molar-refractivity contribution in [1.29, 1.82) is 0 Å². The maximum Gasteiger partial charge on any atom is 0.336 e. The van der Waals surface area contributed by atoms with Crippen molar-refractivity contribution >= 4 is 55.1 Å². The molecule has 0 atom stereocenters. The van der Waals surface area contributed by atoms with Crippen molar-refractivity contribution in [2.24, 2.45) is 0 Å². The van der Waals surface area contributed by atoms with Gasteiger partial charge in [0, 0.05) is 28.1 Å². The van der Waals surface area contributed by atoms with Gasteiger partial charge in [0.1, 0.15) is 21.8 Å². The maximum atomic E-state index is 12.3. The zero-order chi connectivity index (χ0) is 21.5. The van der Waals surface area contributed by atoms with E-state index < -0.39 is 0 Å². The standard InChI is InChI=1S/C26H16N2O2S2/c29-22-12-18(23-19-9-5-4-8-17(19)10-11-21(23)30-22)13-31-25-24-20(16-6-2-1-3-7-16)14-32-26(24)28-15-27-25/h1-12,14-15H,13H2. The van der Waals surface area contributed by atoms with Gasteiger partial charge in [-0.05, 0) is 28.0 Å². The molecule has 3 aromatic carbocycles. The number of fused-ring (bicyclic) bond motifs is 4. The van der Waals surface area contributed by atoms with Crippen LogP contribution in [0.25, 0.3) is 43.1 Å². The van der Waals surface area contributed by atoms with Gasteiger partial charge in [-0.1, -0.05) is 60.7 Å². The van der Waals surface area contributed by atoms with Gasteiger partial charge in [-0.25, -0.2) is 14.8 Å². The van der Waals surface area contributed by atoms with E-state index in [4.69, 9.17) is 4.42 Å². The first-order valence-electron chi connectivity index (χ1n) is 10.1. The third-order valence-corrected chi connectivity index (χ3v) is 7.42. The molecule has 0 fully saturated rings. The van der Waals surface area contributed by atoms with Crippen LogP contribution in [0.5, 0.6) is 0 Å². The monoisotopic (exact) mass is 452 g/mol. The van der Waals surface area contributed by atoms with E-state index in [0.717, 1.165) is 48.1 Å². The molecule has 3 heterocycles. The molecule has 0 N–H and O–H groups in total. The molecule has 6 aromatic rings. The van der Waals surface area contributed by atoms with Gasteiger partial charge < -0.3 is 4.42 Å². The third-order valence-electron chi connectivity index (χ3n) is 5.50. The van der Waals surface area contributed by atoms with Gasteiger partial charge in [-0.15, -0.1) is 23.1 Å². The van der Waals surface area contributed by atoms with Crippen LogP contribution < -0.4 is 5.63 Å². The normalized spacial score (nSPS) is 11.5. The van der Waals surface area contributed by atoms with Crippen LogP contribution in [0.3, 0.4) is 0 Å². The molecule has 6 rings (SSSR count). The van der Waals surface area contributed by atoms with Crippen LogP contribution in [0.15, 0.2) is 98.7 Å². The van der Waals surface area contributed by atoms with Gasteiger partial charge in [0.25, 0.3) is 0 Å². The van der Waals surface area contributed by atoms with E-state index in [1.807, 2.05) is 42.5 Å². The first-order chi connectivity index (χ1) is 15.8. The summed E-state index contributed by atoms with van der Waals surface area (Å²) in [6.07, 6.45) is 1.61. The Morgan fingerprint density at radius 1 is 0.906 bits per heavy atom. The second kappa shape index (κ2) is 7.89. The van der Waals surface area contributed by atoms with Crippen molar-refractivity contribution in [1.82, 2.24) is 9.97 Å². The molecule has 0 aliphatic heterocycles. The quantitative estimate of drug-likeness (QED) is 0.126. The Morgan fingerprint density at radius 3 is 2.66 bits per heavy atom. The van der Waals surface area contributed by atoms with Crippen molar-refractivity contribution in [3.05, 3.63) is 100 Å². The predicted octanol–water partition coefficient (Wildman–Crippen LogP) is 6.91. The minimum absolute atomic E-state index is 0.336. The number of benzene rings is 3. The summed E-state index contributed by atoms with van der Waals surface area (Å²) in [5.74, 6) is 0.603. The Morgan fingerprint density at radius 2 is 1.75 bits per heavy atom. The molecule has 0 spiro atoms. The zero-order valence-corrected chi connectivity index (χ0v) is 18.5. The van der Waals surface area contributed by atoms with E-state index in [1.165, 1.54) is 0 Å².